The Hall–Kier alpha value is -1.26. The highest BCUT2D eigenvalue weighted by Gasteiger charge is 2.30. The van der Waals surface area contributed by atoms with Gasteiger partial charge in [-0.25, -0.2) is 4.79 Å². The number of carbonyl (C=O) groups excluding carboxylic acids is 1. The lowest BCUT2D eigenvalue weighted by Gasteiger charge is -2.31. The minimum Gasteiger partial charge on any atom is -0.481 e. The fourth-order valence-corrected chi connectivity index (χ4v) is 2.00. The SMILES string of the molecule is CC(C)(C)CC(CN1CCCOC1=O)C(=O)O. The summed E-state index contributed by atoms with van der Waals surface area (Å²) in [6, 6.07) is 0. The maximum absolute atomic E-state index is 11.4. The van der Waals surface area contributed by atoms with Gasteiger partial charge in [0.05, 0.1) is 12.5 Å². The quantitative estimate of drug-likeness (QED) is 0.819. The largest absolute Gasteiger partial charge is 0.481 e. The molecule has 0 aromatic carbocycles. The monoisotopic (exact) mass is 243 g/mol. The normalized spacial score (nSPS) is 18.8. The van der Waals surface area contributed by atoms with E-state index in [4.69, 9.17) is 4.74 Å². The first-order chi connectivity index (χ1) is 7.79. The van der Waals surface area contributed by atoms with Gasteiger partial charge in [-0.1, -0.05) is 20.8 Å². The third-order valence-electron chi connectivity index (χ3n) is 2.70. The Kier molecular flexibility index (Phi) is 4.37. The fourth-order valence-electron chi connectivity index (χ4n) is 2.00. The van der Waals surface area contributed by atoms with E-state index >= 15 is 0 Å². The minimum atomic E-state index is -0.849. The molecule has 0 saturated carbocycles. The van der Waals surface area contributed by atoms with Crippen LogP contribution in [0.2, 0.25) is 0 Å². The molecule has 1 unspecified atom stereocenters. The van der Waals surface area contributed by atoms with Crippen molar-refractivity contribution >= 4 is 12.1 Å². The van der Waals surface area contributed by atoms with Gasteiger partial charge in [0.25, 0.3) is 0 Å². The molecule has 0 bridgehead atoms. The summed E-state index contributed by atoms with van der Waals surface area (Å²) < 4.78 is 4.90. The molecule has 1 heterocycles. The number of amides is 1. The first kappa shape index (κ1) is 13.8. The second-order valence-electron chi connectivity index (χ2n) is 5.71. The number of cyclic esters (lactones) is 1. The average molecular weight is 243 g/mol. The summed E-state index contributed by atoms with van der Waals surface area (Å²) in [6.07, 6.45) is 0.927. The van der Waals surface area contributed by atoms with Crippen LogP contribution in [0.25, 0.3) is 0 Å². The van der Waals surface area contributed by atoms with Crippen molar-refractivity contribution in [1.29, 1.82) is 0 Å². The van der Waals surface area contributed by atoms with Gasteiger partial charge in [-0.2, -0.15) is 0 Å². The summed E-state index contributed by atoms with van der Waals surface area (Å²) in [6.45, 7) is 7.26. The summed E-state index contributed by atoms with van der Waals surface area (Å²) in [7, 11) is 0. The van der Waals surface area contributed by atoms with Crippen molar-refractivity contribution in [2.75, 3.05) is 19.7 Å². The second kappa shape index (κ2) is 5.38. The molecule has 0 aromatic rings. The fraction of sp³-hybridized carbons (Fsp3) is 0.833. The summed E-state index contributed by atoms with van der Waals surface area (Å²) >= 11 is 0. The number of carboxylic acids is 1. The van der Waals surface area contributed by atoms with E-state index in [2.05, 4.69) is 0 Å². The van der Waals surface area contributed by atoms with Crippen LogP contribution in [0.1, 0.15) is 33.6 Å². The molecule has 1 rings (SSSR count). The molecule has 0 radical (unpaired) electrons. The number of hydrogen-bond donors (Lipinski definition) is 1. The Bertz CT molecular complexity index is 295. The zero-order valence-electron chi connectivity index (χ0n) is 10.7. The molecular formula is C12H21NO4. The van der Waals surface area contributed by atoms with Crippen molar-refractivity contribution in [3.63, 3.8) is 0 Å². The average Bonchev–Trinajstić information content (AvgIpc) is 2.18. The van der Waals surface area contributed by atoms with Gasteiger partial charge >= 0.3 is 12.1 Å². The minimum absolute atomic E-state index is 0.0667. The predicted molar refractivity (Wildman–Crippen MR) is 62.7 cm³/mol. The topological polar surface area (TPSA) is 66.8 Å². The molecule has 1 aliphatic heterocycles. The number of carbonyl (C=O) groups is 2. The van der Waals surface area contributed by atoms with Crippen LogP contribution >= 0.6 is 0 Å². The molecule has 1 fully saturated rings. The molecule has 5 nitrogen and oxygen atoms in total. The van der Waals surface area contributed by atoms with Crippen molar-refractivity contribution in [3.8, 4) is 0 Å². The van der Waals surface area contributed by atoms with Crippen LogP contribution < -0.4 is 0 Å². The molecule has 98 valence electrons. The van der Waals surface area contributed by atoms with E-state index in [1.165, 1.54) is 4.90 Å². The Balaban J connectivity index is 2.60. The number of nitrogens with zero attached hydrogens (tertiary/aromatic N) is 1. The van der Waals surface area contributed by atoms with E-state index in [0.29, 0.717) is 19.6 Å². The molecule has 0 aliphatic carbocycles. The smallest absolute Gasteiger partial charge is 0.409 e. The number of rotatable bonds is 4. The molecular weight excluding hydrogens is 222 g/mol. The zero-order chi connectivity index (χ0) is 13.1. The summed E-state index contributed by atoms with van der Waals surface area (Å²) in [5.41, 5.74) is -0.0667. The number of carboxylic acid groups (broad SMARTS) is 1. The summed E-state index contributed by atoms with van der Waals surface area (Å²) in [5, 5.41) is 9.17. The van der Waals surface area contributed by atoms with Crippen LogP contribution in [-0.4, -0.2) is 41.8 Å². The third-order valence-corrected chi connectivity index (χ3v) is 2.70. The Morgan fingerprint density at radius 2 is 2.18 bits per heavy atom. The van der Waals surface area contributed by atoms with Crippen molar-refractivity contribution in [2.45, 2.75) is 33.6 Å². The lowest BCUT2D eigenvalue weighted by Crippen LogP contribution is -2.43. The molecule has 1 aliphatic rings. The lowest BCUT2D eigenvalue weighted by atomic mass is 9.84. The molecule has 1 saturated heterocycles. The van der Waals surface area contributed by atoms with Crippen molar-refractivity contribution < 1.29 is 19.4 Å². The van der Waals surface area contributed by atoms with Gasteiger partial charge in [0.2, 0.25) is 0 Å². The Morgan fingerprint density at radius 3 is 2.65 bits per heavy atom. The third kappa shape index (κ3) is 4.63. The van der Waals surface area contributed by atoms with Crippen molar-refractivity contribution in [3.05, 3.63) is 0 Å². The van der Waals surface area contributed by atoms with Gasteiger partial charge in [-0.15, -0.1) is 0 Å². The highest BCUT2D eigenvalue weighted by atomic mass is 16.6. The molecule has 17 heavy (non-hydrogen) atoms. The van der Waals surface area contributed by atoms with Crippen LogP contribution in [0.15, 0.2) is 0 Å². The Labute approximate surface area is 102 Å². The maximum Gasteiger partial charge on any atom is 0.409 e. The van der Waals surface area contributed by atoms with E-state index in [1.54, 1.807) is 0 Å². The first-order valence-electron chi connectivity index (χ1n) is 5.94. The van der Waals surface area contributed by atoms with Gasteiger partial charge in [0, 0.05) is 13.1 Å². The molecule has 5 heteroatoms. The Morgan fingerprint density at radius 1 is 1.53 bits per heavy atom. The number of ether oxygens (including phenoxy) is 1. The second-order valence-corrected chi connectivity index (χ2v) is 5.71. The van der Waals surface area contributed by atoms with Crippen LogP contribution in [0.3, 0.4) is 0 Å². The van der Waals surface area contributed by atoms with Crippen molar-refractivity contribution in [1.82, 2.24) is 4.90 Å². The van der Waals surface area contributed by atoms with Crippen LogP contribution in [0.5, 0.6) is 0 Å². The van der Waals surface area contributed by atoms with E-state index < -0.39 is 18.0 Å². The summed E-state index contributed by atoms with van der Waals surface area (Å²) in [5.74, 6) is -1.38. The predicted octanol–water partition coefficient (Wildman–Crippen LogP) is 1.97. The molecule has 1 amide bonds. The standard InChI is InChI=1S/C12H21NO4/c1-12(2,3)7-9(10(14)15)8-13-5-4-6-17-11(13)16/h9H,4-8H2,1-3H3,(H,14,15). The summed E-state index contributed by atoms with van der Waals surface area (Å²) in [4.78, 5) is 24.1. The lowest BCUT2D eigenvalue weighted by molar-refractivity contribution is -0.143. The van der Waals surface area contributed by atoms with Crippen LogP contribution in [-0.2, 0) is 9.53 Å². The van der Waals surface area contributed by atoms with E-state index in [-0.39, 0.29) is 12.0 Å². The maximum atomic E-state index is 11.4. The molecule has 0 aromatic heterocycles. The van der Waals surface area contributed by atoms with Crippen molar-refractivity contribution in [2.24, 2.45) is 11.3 Å². The van der Waals surface area contributed by atoms with E-state index in [9.17, 15) is 14.7 Å². The first-order valence-corrected chi connectivity index (χ1v) is 5.94. The van der Waals surface area contributed by atoms with Gasteiger partial charge < -0.3 is 14.7 Å². The zero-order valence-corrected chi connectivity index (χ0v) is 10.7. The van der Waals surface area contributed by atoms with Crippen LogP contribution in [0.4, 0.5) is 4.79 Å². The number of aliphatic carboxylic acids is 1. The highest BCUT2D eigenvalue weighted by Crippen LogP contribution is 2.25. The van der Waals surface area contributed by atoms with Gasteiger partial charge in [-0.05, 0) is 18.3 Å². The van der Waals surface area contributed by atoms with E-state index in [1.807, 2.05) is 20.8 Å². The van der Waals surface area contributed by atoms with Gasteiger partial charge in [-0.3, -0.25) is 4.79 Å². The van der Waals surface area contributed by atoms with E-state index in [0.717, 1.165) is 6.42 Å². The molecule has 0 spiro atoms. The van der Waals surface area contributed by atoms with Gasteiger partial charge in [0.1, 0.15) is 0 Å². The highest BCUT2D eigenvalue weighted by molar-refractivity contribution is 5.73. The molecule has 1 atom stereocenters. The van der Waals surface area contributed by atoms with Gasteiger partial charge in [0.15, 0.2) is 0 Å². The van der Waals surface area contributed by atoms with Crippen LogP contribution in [0, 0.1) is 11.3 Å². The number of hydrogen-bond acceptors (Lipinski definition) is 3. The molecule has 1 N–H and O–H groups in total.